The van der Waals surface area contributed by atoms with E-state index in [-0.39, 0.29) is 12.2 Å². The number of ketones is 1. The third kappa shape index (κ3) is 0.862. The molecule has 1 atom stereocenters. The largest absolute Gasteiger partial charge is 0.296 e. The van der Waals surface area contributed by atoms with Crippen molar-refractivity contribution < 1.29 is 9.18 Å². The molecule has 1 unspecified atom stereocenters. The molecule has 1 aromatic rings. The first kappa shape index (κ1) is 6.53. The second-order valence-electron chi connectivity index (χ2n) is 2.70. The van der Waals surface area contributed by atoms with Gasteiger partial charge in [0.2, 0.25) is 0 Å². The molecule has 1 aliphatic carbocycles. The normalized spacial score (nSPS) is 21.9. The van der Waals surface area contributed by atoms with E-state index in [0.29, 0.717) is 5.56 Å². The molecule has 1 aliphatic rings. The van der Waals surface area contributed by atoms with E-state index in [0.717, 1.165) is 5.56 Å². The Morgan fingerprint density at radius 2 is 2.09 bits per heavy atom. The van der Waals surface area contributed by atoms with Gasteiger partial charge in [-0.25, -0.2) is 4.39 Å². The Bertz CT molecular complexity index is 306. The number of hydrogen-bond donors (Lipinski definition) is 0. The van der Waals surface area contributed by atoms with Crippen LogP contribution in [0, 0.1) is 0 Å². The summed E-state index contributed by atoms with van der Waals surface area (Å²) in [5, 5.41) is 0. The van der Waals surface area contributed by atoms with E-state index in [4.69, 9.17) is 0 Å². The van der Waals surface area contributed by atoms with Crippen molar-refractivity contribution in [3.05, 3.63) is 35.4 Å². The SMILES string of the molecule is O=C1Cc2ccccc2C1F. The summed E-state index contributed by atoms with van der Waals surface area (Å²) >= 11 is 0. The molecule has 0 N–H and O–H groups in total. The summed E-state index contributed by atoms with van der Waals surface area (Å²) in [6.45, 7) is 0. The van der Waals surface area contributed by atoms with E-state index in [1.54, 1.807) is 18.2 Å². The lowest BCUT2D eigenvalue weighted by Gasteiger charge is -1.96. The van der Waals surface area contributed by atoms with Crippen molar-refractivity contribution in [1.29, 1.82) is 0 Å². The summed E-state index contributed by atoms with van der Waals surface area (Å²) in [4.78, 5) is 10.9. The van der Waals surface area contributed by atoms with E-state index in [9.17, 15) is 9.18 Å². The van der Waals surface area contributed by atoms with Crippen molar-refractivity contribution in [2.45, 2.75) is 12.6 Å². The number of halogens is 1. The highest BCUT2D eigenvalue weighted by Crippen LogP contribution is 2.30. The van der Waals surface area contributed by atoms with Gasteiger partial charge in [-0.2, -0.15) is 0 Å². The van der Waals surface area contributed by atoms with E-state index < -0.39 is 6.17 Å². The van der Waals surface area contributed by atoms with Crippen molar-refractivity contribution in [2.24, 2.45) is 0 Å². The number of rotatable bonds is 0. The third-order valence-corrected chi connectivity index (χ3v) is 1.98. The Morgan fingerprint density at radius 1 is 1.36 bits per heavy atom. The zero-order valence-corrected chi connectivity index (χ0v) is 5.88. The topological polar surface area (TPSA) is 17.1 Å². The highest BCUT2D eigenvalue weighted by Gasteiger charge is 2.29. The second-order valence-corrected chi connectivity index (χ2v) is 2.70. The van der Waals surface area contributed by atoms with Crippen LogP contribution in [0.4, 0.5) is 4.39 Å². The lowest BCUT2D eigenvalue weighted by atomic mass is 10.1. The van der Waals surface area contributed by atoms with Gasteiger partial charge in [0.25, 0.3) is 0 Å². The van der Waals surface area contributed by atoms with Crippen LogP contribution in [0.5, 0.6) is 0 Å². The summed E-state index contributed by atoms with van der Waals surface area (Å²) in [7, 11) is 0. The Balaban J connectivity index is 2.55. The molecule has 0 aromatic heterocycles. The van der Waals surface area contributed by atoms with E-state index in [1.807, 2.05) is 6.07 Å². The third-order valence-electron chi connectivity index (χ3n) is 1.98. The Kier molecular flexibility index (Phi) is 1.28. The van der Waals surface area contributed by atoms with Crippen molar-refractivity contribution >= 4 is 5.78 Å². The summed E-state index contributed by atoms with van der Waals surface area (Å²) in [5.41, 5.74) is 1.39. The number of benzene rings is 1. The van der Waals surface area contributed by atoms with Gasteiger partial charge in [-0.3, -0.25) is 4.79 Å². The highest BCUT2D eigenvalue weighted by molar-refractivity contribution is 5.91. The van der Waals surface area contributed by atoms with Crippen LogP contribution in [-0.2, 0) is 11.2 Å². The molecule has 56 valence electrons. The van der Waals surface area contributed by atoms with Crippen LogP contribution in [0.25, 0.3) is 0 Å². The van der Waals surface area contributed by atoms with E-state index >= 15 is 0 Å². The quantitative estimate of drug-likeness (QED) is 0.551. The molecule has 1 aromatic carbocycles. The fourth-order valence-electron chi connectivity index (χ4n) is 1.39. The standard InChI is InChI=1S/C9H7FO/c10-9-7-4-2-1-3-6(7)5-8(9)11/h1-4,9H,5H2. The molecule has 0 aliphatic heterocycles. The van der Waals surface area contributed by atoms with Gasteiger partial charge >= 0.3 is 0 Å². The van der Waals surface area contributed by atoms with Gasteiger partial charge < -0.3 is 0 Å². The first-order valence-electron chi connectivity index (χ1n) is 3.53. The molecule has 2 rings (SSSR count). The number of Topliss-reactive ketones (excluding diaryl/α,β-unsaturated/α-hetero) is 1. The summed E-state index contributed by atoms with van der Waals surface area (Å²) in [6, 6.07) is 7.05. The van der Waals surface area contributed by atoms with Crippen LogP contribution in [0.15, 0.2) is 24.3 Å². The predicted molar refractivity (Wildman–Crippen MR) is 39.0 cm³/mol. The molecular formula is C9H7FO. The molecule has 11 heavy (non-hydrogen) atoms. The molecule has 0 spiro atoms. The number of carbonyl (C=O) groups is 1. The maximum atomic E-state index is 13.0. The van der Waals surface area contributed by atoms with Gasteiger partial charge in [-0.1, -0.05) is 24.3 Å². The monoisotopic (exact) mass is 150 g/mol. The minimum absolute atomic E-state index is 0.261. The first-order chi connectivity index (χ1) is 5.29. The number of fused-ring (bicyclic) bond motifs is 1. The first-order valence-corrected chi connectivity index (χ1v) is 3.53. The van der Waals surface area contributed by atoms with Gasteiger partial charge in [0, 0.05) is 6.42 Å². The summed E-state index contributed by atoms with van der Waals surface area (Å²) < 4.78 is 13.0. The lowest BCUT2D eigenvalue weighted by Crippen LogP contribution is -1.98. The molecule has 0 amide bonds. The predicted octanol–water partition coefficient (Wildman–Crippen LogP) is 1.82. The molecule has 0 fully saturated rings. The molecule has 0 bridgehead atoms. The average Bonchev–Trinajstić information content (AvgIpc) is 2.30. The van der Waals surface area contributed by atoms with Crippen LogP contribution < -0.4 is 0 Å². The fourth-order valence-corrected chi connectivity index (χ4v) is 1.39. The van der Waals surface area contributed by atoms with Crippen molar-refractivity contribution in [2.75, 3.05) is 0 Å². The Labute approximate surface area is 63.8 Å². The van der Waals surface area contributed by atoms with Gasteiger partial charge in [-0.05, 0) is 11.1 Å². The molecule has 0 saturated carbocycles. The van der Waals surface area contributed by atoms with Gasteiger partial charge in [-0.15, -0.1) is 0 Å². The van der Waals surface area contributed by atoms with Crippen LogP contribution in [0.3, 0.4) is 0 Å². The van der Waals surface area contributed by atoms with Crippen molar-refractivity contribution in [3.8, 4) is 0 Å². The molecule has 0 radical (unpaired) electrons. The van der Waals surface area contributed by atoms with Crippen LogP contribution in [0.1, 0.15) is 17.3 Å². The number of alkyl halides is 1. The van der Waals surface area contributed by atoms with E-state index in [2.05, 4.69) is 0 Å². The molecule has 0 heterocycles. The lowest BCUT2D eigenvalue weighted by molar-refractivity contribution is -0.122. The summed E-state index contributed by atoms with van der Waals surface area (Å²) in [5.74, 6) is -0.314. The van der Waals surface area contributed by atoms with Crippen LogP contribution in [0.2, 0.25) is 0 Å². The van der Waals surface area contributed by atoms with Crippen molar-refractivity contribution in [3.63, 3.8) is 0 Å². The molecule has 2 heteroatoms. The molecule has 1 nitrogen and oxygen atoms in total. The second kappa shape index (κ2) is 2.16. The maximum Gasteiger partial charge on any atom is 0.184 e. The molecular weight excluding hydrogens is 143 g/mol. The number of hydrogen-bond acceptors (Lipinski definition) is 1. The highest BCUT2D eigenvalue weighted by atomic mass is 19.1. The summed E-state index contributed by atoms with van der Waals surface area (Å²) in [6.07, 6.45) is -1.11. The number of carbonyl (C=O) groups excluding carboxylic acids is 1. The zero-order valence-electron chi connectivity index (χ0n) is 5.88. The minimum atomic E-state index is -1.37. The smallest absolute Gasteiger partial charge is 0.184 e. The average molecular weight is 150 g/mol. The van der Waals surface area contributed by atoms with Crippen LogP contribution >= 0.6 is 0 Å². The van der Waals surface area contributed by atoms with E-state index in [1.165, 1.54) is 0 Å². The minimum Gasteiger partial charge on any atom is -0.296 e. The van der Waals surface area contributed by atoms with Gasteiger partial charge in [0.05, 0.1) is 0 Å². The zero-order chi connectivity index (χ0) is 7.84. The maximum absolute atomic E-state index is 13.0. The van der Waals surface area contributed by atoms with Crippen LogP contribution in [-0.4, -0.2) is 5.78 Å². The van der Waals surface area contributed by atoms with Gasteiger partial charge in [0.15, 0.2) is 12.0 Å². The Hall–Kier alpha value is -1.18. The van der Waals surface area contributed by atoms with Gasteiger partial charge in [0.1, 0.15) is 0 Å². The fraction of sp³-hybridized carbons (Fsp3) is 0.222. The molecule has 0 saturated heterocycles. The van der Waals surface area contributed by atoms with Crippen molar-refractivity contribution in [1.82, 2.24) is 0 Å². The Morgan fingerprint density at radius 3 is 2.82 bits per heavy atom.